The van der Waals surface area contributed by atoms with E-state index in [-0.39, 0.29) is 6.04 Å². The summed E-state index contributed by atoms with van der Waals surface area (Å²) in [6.45, 7) is 7.52. The molecule has 5 heteroatoms. The molecule has 4 nitrogen and oxygen atoms in total. The Morgan fingerprint density at radius 2 is 1.87 bits per heavy atom. The molecule has 0 unspecified atom stereocenters. The van der Waals surface area contributed by atoms with Crippen molar-refractivity contribution in [2.75, 3.05) is 13.1 Å². The number of ether oxygens (including phenoxy) is 1. The summed E-state index contributed by atoms with van der Waals surface area (Å²) < 4.78 is 5.39. The summed E-state index contributed by atoms with van der Waals surface area (Å²) in [5, 5.41) is 2.95. The summed E-state index contributed by atoms with van der Waals surface area (Å²) in [5.41, 5.74) is 0.631. The Labute approximate surface area is 144 Å². The summed E-state index contributed by atoms with van der Waals surface area (Å²) in [5.74, 6) is 0. The number of thiocarbonyl (C=S) groups is 1. The number of rotatable bonds is 4. The van der Waals surface area contributed by atoms with Crippen LogP contribution in [0, 0.1) is 0 Å². The second-order valence-electron chi connectivity index (χ2n) is 6.92. The molecule has 1 aromatic rings. The summed E-state index contributed by atoms with van der Waals surface area (Å²) in [7, 11) is 0. The van der Waals surface area contributed by atoms with Crippen LogP contribution < -0.4 is 5.32 Å². The Balaban J connectivity index is 2.07. The van der Waals surface area contributed by atoms with Gasteiger partial charge in [0, 0.05) is 13.1 Å². The summed E-state index contributed by atoms with van der Waals surface area (Å²) in [4.78, 5) is 15.2. The smallest absolute Gasteiger partial charge is 0.408 e. The van der Waals surface area contributed by atoms with E-state index >= 15 is 0 Å². The first-order valence-electron chi connectivity index (χ1n) is 8.17. The quantitative estimate of drug-likeness (QED) is 0.855. The highest BCUT2D eigenvalue weighted by Crippen LogP contribution is 2.14. The van der Waals surface area contributed by atoms with E-state index in [4.69, 9.17) is 17.0 Å². The largest absolute Gasteiger partial charge is 0.444 e. The van der Waals surface area contributed by atoms with Crippen molar-refractivity contribution in [2.24, 2.45) is 0 Å². The first-order valence-corrected chi connectivity index (χ1v) is 8.58. The molecule has 1 aliphatic rings. The van der Waals surface area contributed by atoms with E-state index in [9.17, 15) is 4.79 Å². The van der Waals surface area contributed by atoms with Gasteiger partial charge in [0.25, 0.3) is 0 Å². The van der Waals surface area contributed by atoms with Crippen molar-refractivity contribution in [3.8, 4) is 0 Å². The van der Waals surface area contributed by atoms with Crippen molar-refractivity contribution < 1.29 is 9.53 Å². The third-order valence-electron chi connectivity index (χ3n) is 3.69. The Bertz CT molecular complexity index is 534. The standard InChI is InChI=1S/C18H26N2O2S/c1-18(2,3)22-17(21)19-15(13-14-9-5-4-6-10-14)16(23)20-11-7-8-12-20/h4-6,9-10,15H,7-8,11-13H2,1-3H3,(H,19,21)/t15-/m0/s1. The van der Waals surface area contributed by atoms with Crippen LogP contribution in [0.2, 0.25) is 0 Å². The second-order valence-corrected chi connectivity index (χ2v) is 7.34. The van der Waals surface area contributed by atoms with Crippen LogP contribution in [-0.4, -0.2) is 40.7 Å². The van der Waals surface area contributed by atoms with Gasteiger partial charge in [-0.25, -0.2) is 4.79 Å². The molecule has 0 aromatic heterocycles. The van der Waals surface area contributed by atoms with Crippen LogP contribution in [0.15, 0.2) is 30.3 Å². The molecular formula is C18H26N2O2S. The van der Waals surface area contributed by atoms with E-state index in [0.717, 1.165) is 36.5 Å². The van der Waals surface area contributed by atoms with Crippen LogP contribution in [0.5, 0.6) is 0 Å². The maximum absolute atomic E-state index is 12.2. The minimum Gasteiger partial charge on any atom is -0.444 e. The molecular weight excluding hydrogens is 308 g/mol. The lowest BCUT2D eigenvalue weighted by atomic mass is 10.1. The molecule has 1 N–H and O–H groups in total. The first-order chi connectivity index (χ1) is 10.8. The van der Waals surface area contributed by atoms with Crippen molar-refractivity contribution in [3.05, 3.63) is 35.9 Å². The van der Waals surface area contributed by atoms with Crippen molar-refractivity contribution in [1.82, 2.24) is 10.2 Å². The number of carbonyl (C=O) groups is 1. The van der Waals surface area contributed by atoms with Gasteiger partial charge in [0.15, 0.2) is 0 Å². The number of nitrogens with one attached hydrogen (secondary N) is 1. The van der Waals surface area contributed by atoms with Crippen LogP contribution in [-0.2, 0) is 11.2 Å². The molecule has 1 atom stereocenters. The van der Waals surface area contributed by atoms with E-state index in [0.29, 0.717) is 6.42 Å². The molecule has 23 heavy (non-hydrogen) atoms. The van der Waals surface area contributed by atoms with E-state index in [2.05, 4.69) is 22.3 Å². The van der Waals surface area contributed by atoms with Crippen molar-refractivity contribution in [2.45, 2.75) is 51.7 Å². The fraction of sp³-hybridized carbons (Fsp3) is 0.556. The Morgan fingerprint density at radius 1 is 1.26 bits per heavy atom. The number of hydrogen-bond donors (Lipinski definition) is 1. The molecule has 126 valence electrons. The Hall–Kier alpha value is -1.62. The lowest BCUT2D eigenvalue weighted by molar-refractivity contribution is 0.0516. The van der Waals surface area contributed by atoms with Crippen molar-refractivity contribution in [1.29, 1.82) is 0 Å². The highest BCUT2D eigenvalue weighted by Gasteiger charge is 2.26. The van der Waals surface area contributed by atoms with Crippen LogP contribution in [0.1, 0.15) is 39.2 Å². The highest BCUT2D eigenvalue weighted by molar-refractivity contribution is 7.80. The average molecular weight is 334 g/mol. The molecule has 1 amide bonds. The minimum atomic E-state index is -0.517. The van der Waals surface area contributed by atoms with Gasteiger partial charge >= 0.3 is 6.09 Å². The van der Waals surface area contributed by atoms with Gasteiger partial charge in [-0.3, -0.25) is 0 Å². The molecule has 0 radical (unpaired) electrons. The number of likely N-dealkylation sites (tertiary alicyclic amines) is 1. The summed E-state index contributed by atoms with van der Waals surface area (Å²) in [6, 6.07) is 9.86. The fourth-order valence-corrected chi connectivity index (χ4v) is 2.98. The molecule has 1 aliphatic heterocycles. The monoisotopic (exact) mass is 334 g/mol. The number of nitrogens with zero attached hydrogens (tertiary/aromatic N) is 1. The summed E-state index contributed by atoms with van der Waals surface area (Å²) in [6.07, 6.45) is 2.57. The number of benzene rings is 1. The van der Waals surface area contributed by atoms with Gasteiger partial charge < -0.3 is 15.0 Å². The van der Waals surface area contributed by atoms with Crippen LogP contribution >= 0.6 is 12.2 Å². The number of hydrogen-bond acceptors (Lipinski definition) is 3. The maximum atomic E-state index is 12.2. The number of amides is 1. The molecule has 1 heterocycles. The number of carbonyl (C=O) groups excluding carboxylic acids is 1. The molecule has 0 aliphatic carbocycles. The van der Waals surface area contributed by atoms with Gasteiger partial charge in [0.1, 0.15) is 10.6 Å². The molecule has 0 saturated carbocycles. The van der Waals surface area contributed by atoms with Crippen LogP contribution in [0.25, 0.3) is 0 Å². The predicted octanol–water partition coefficient (Wildman–Crippen LogP) is 3.55. The highest BCUT2D eigenvalue weighted by atomic mass is 32.1. The van der Waals surface area contributed by atoms with Gasteiger partial charge in [0.05, 0.1) is 6.04 Å². The van der Waals surface area contributed by atoms with E-state index in [1.54, 1.807) is 0 Å². The number of alkyl carbamates (subject to hydrolysis) is 1. The normalized spacial score (nSPS) is 16.0. The average Bonchev–Trinajstić information content (AvgIpc) is 2.99. The molecule has 2 rings (SSSR count). The third-order valence-corrected chi connectivity index (χ3v) is 4.23. The van der Waals surface area contributed by atoms with Crippen molar-refractivity contribution in [3.63, 3.8) is 0 Å². The van der Waals surface area contributed by atoms with E-state index < -0.39 is 11.7 Å². The van der Waals surface area contributed by atoms with Crippen molar-refractivity contribution >= 4 is 23.3 Å². The van der Waals surface area contributed by atoms with Gasteiger partial charge in [-0.15, -0.1) is 0 Å². The summed E-state index contributed by atoms with van der Waals surface area (Å²) >= 11 is 5.65. The third kappa shape index (κ3) is 5.82. The Kier molecular flexibility index (Phi) is 5.99. The minimum absolute atomic E-state index is 0.222. The van der Waals surface area contributed by atoms with E-state index in [1.165, 1.54) is 0 Å². The molecule has 0 spiro atoms. The lowest BCUT2D eigenvalue weighted by Crippen LogP contribution is -2.49. The fourth-order valence-electron chi connectivity index (χ4n) is 2.66. The lowest BCUT2D eigenvalue weighted by Gasteiger charge is -2.28. The topological polar surface area (TPSA) is 41.6 Å². The molecule has 1 saturated heterocycles. The predicted molar refractivity (Wildman–Crippen MR) is 96.7 cm³/mol. The van der Waals surface area contributed by atoms with Gasteiger partial charge in [0.2, 0.25) is 0 Å². The second kappa shape index (κ2) is 7.77. The molecule has 1 fully saturated rings. The molecule has 1 aromatic carbocycles. The molecule has 0 bridgehead atoms. The zero-order chi connectivity index (χ0) is 16.9. The van der Waals surface area contributed by atoms with Gasteiger partial charge in [-0.2, -0.15) is 0 Å². The SMILES string of the molecule is CC(C)(C)OC(=O)N[C@@H](Cc1ccccc1)C(=S)N1CCCC1. The van der Waals surface area contributed by atoms with Gasteiger partial charge in [-0.1, -0.05) is 42.5 Å². The van der Waals surface area contributed by atoms with E-state index in [1.807, 2.05) is 39.0 Å². The van der Waals surface area contributed by atoms with Crippen LogP contribution in [0.4, 0.5) is 4.79 Å². The van der Waals surface area contributed by atoms with Crippen LogP contribution in [0.3, 0.4) is 0 Å². The maximum Gasteiger partial charge on any atom is 0.408 e. The first kappa shape index (κ1) is 17.7. The Morgan fingerprint density at radius 3 is 2.43 bits per heavy atom. The van der Waals surface area contributed by atoms with Gasteiger partial charge in [-0.05, 0) is 45.6 Å². The zero-order valence-corrected chi connectivity index (χ0v) is 15.0. The zero-order valence-electron chi connectivity index (χ0n) is 14.2.